The quantitative estimate of drug-likeness (QED) is 0.611. The number of carbonyl (C=O) groups excluding carboxylic acids is 3. The second-order valence-corrected chi connectivity index (χ2v) is 9.17. The molecule has 1 fully saturated rings. The first-order valence-corrected chi connectivity index (χ1v) is 11.8. The molecule has 2 aromatic rings. The fourth-order valence-electron chi connectivity index (χ4n) is 4.18. The van der Waals surface area contributed by atoms with Gasteiger partial charge in [-0.05, 0) is 54.7 Å². The molecule has 2 aliphatic heterocycles. The Labute approximate surface area is 199 Å². The predicted octanol–water partition coefficient (Wildman–Crippen LogP) is 5.26. The van der Waals surface area contributed by atoms with Gasteiger partial charge in [0.25, 0.3) is 17.7 Å². The van der Waals surface area contributed by atoms with Gasteiger partial charge < -0.3 is 10.2 Å². The Kier molecular flexibility index (Phi) is 6.84. The van der Waals surface area contributed by atoms with Gasteiger partial charge in [0.15, 0.2) is 0 Å². The highest BCUT2D eigenvalue weighted by molar-refractivity contribution is 6.53. The number of hydrogen-bond donors (Lipinski definition) is 1. The summed E-state index contributed by atoms with van der Waals surface area (Å²) in [5, 5.41) is 2.81. The van der Waals surface area contributed by atoms with Crippen LogP contribution < -0.4 is 10.2 Å². The molecule has 4 rings (SSSR count). The van der Waals surface area contributed by atoms with Crippen LogP contribution in [0.25, 0.3) is 0 Å². The molecule has 1 N–H and O–H groups in total. The normalized spacial score (nSPS) is 17.1. The molecule has 2 aliphatic rings. The van der Waals surface area contributed by atoms with E-state index < -0.39 is 11.8 Å². The number of halogens is 1. The lowest BCUT2D eigenvalue weighted by atomic mass is 10.0. The molecule has 0 saturated carbocycles. The smallest absolute Gasteiger partial charge is 0.283 e. The number of amides is 3. The summed E-state index contributed by atoms with van der Waals surface area (Å²) in [6.45, 7) is 5.66. The summed E-state index contributed by atoms with van der Waals surface area (Å²) in [5.74, 6) is -0.779. The minimum absolute atomic E-state index is 0.00831. The van der Waals surface area contributed by atoms with E-state index in [1.165, 1.54) is 0 Å². The van der Waals surface area contributed by atoms with E-state index in [1.807, 2.05) is 17.0 Å². The van der Waals surface area contributed by atoms with Gasteiger partial charge >= 0.3 is 0 Å². The average molecular weight is 466 g/mol. The number of nitrogens with one attached hydrogen (secondary N) is 1. The third kappa shape index (κ3) is 4.81. The number of imide groups is 1. The lowest BCUT2D eigenvalue weighted by Gasteiger charge is -2.20. The van der Waals surface area contributed by atoms with E-state index >= 15 is 0 Å². The summed E-state index contributed by atoms with van der Waals surface area (Å²) in [6, 6.07) is 14.3. The summed E-state index contributed by atoms with van der Waals surface area (Å²) in [4.78, 5) is 41.8. The van der Waals surface area contributed by atoms with Crippen molar-refractivity contribution in [2.75, 3.05) is 23.3 Å². The van der Waals surface area contributed by atoms with Crippen molar-refractivity contribution in [3.63, 3.8) is 0 Å². The van der Waals surface area contributed by atoms with Gasteiger partial charge in [-0.15, -0.1) is 0 Å². The van der Waals surface area contributed by atoms with Gasteiger partial charge in [0.1, 0.15) is 10.7 Å². The number of benzene rings is 2. The van der Waals surface area contributed by atoms with Crippen molar-refractivity contribution in [3.05, 3.63) is 70.4 Å². The van der Waals surface area contributed by atoms with Gasteiger partial charge in [-0.25, -0.2) is 4.90 Å². The van der Waals surface area contributed by atoms with Crippen molar-refractivity contribution in [3.8, 4) is 0 Å². The third-order valence-electron chi connectivity index (χ3n) is 6.12. The monoisotopic (exact) mass is 465 g/mol. The Morgan fingerprint density at radius 2 is 1.61 bits per heavy atom. The number of anilines is 2. The Bertz CT molecular complexity index is 1100. The first-order chi connectivity index (χ1) is 15.9. The molecule has 0 spiro atoms. The third-order valence-corrected chi connectivity index (χ3v) is 6.47. The van der Waals surface area contributed by atoms with Crippen LogP contribution in [0.2, 0.25) is 0 Å². The number of hydrogen-bond acceptors (Lipinski definition) is 4. The number of likely N-dealkylation sites (tertiary alicyclic amines) is 1. The van der Waals surface area contributed by atoms with Crippen molar-refractivity contribution >= 4 is 40.7 Å². The largest absolute Gasteiger partial charge is 0.350 e. The van der Waals surface area contributed by atoms with Crippen LogP contribution in [0.5, 0.6) is 0 Å². The van der Waals surface area contributed by atoms with Crippen LogP contribution in [-0.4, -0.2) is 35.7 Å². The van der Waals surface area contributed by atoms with Gasteiger partial charge in [0.2, 0.25) is 0 Å². The van der Waals surface area contributed by atoms with Crippen LogP contribution in [0.3, 0.4) is 0 Å². The summed E-state index contributed by atoms with van der Waals surface area (Å²) in [6.07, 6.45) is 4.31. The molecule has 2 heterocycles. The van der Waals surface area contributed by atoms with Crippen molar-refractivity contribution in [2.24, 2.45) is 0 Å². The molecule has 0 bridgehead atoms. The number of carbonyl (C=O) groups is 3. The van der Waals surface area contributed by atoms with Crippen LogP contribution in [0.4, 0.5) is 11.4 Å². The maximum absolute atomic E-state index is 13.1. The number of rotatable bonds is 5. The van der Waals surface area contributed by atoms with Crippen LogP contribution in [0.1, 0.15) is 61.4 Å². The van der Waals surface area contributed by atoms with Gasteiger partial charge in [-0.2, -0.15) is 0 Å². The van der Waals surface area contributed by atoms with Crippen molar-refractivity contribution in [1.29, 1.82) is 0 Å². The van der Waals surface area contributed by atoms with Crippen LogP contribution in [-0.2, 0) is 9.59 Å². The number of nitrogens with zero attached hydrogens (tertiary/aromatic N) is 2. The molecule has 33 heavy (non-hydrogen) atoms. The maximum atomic E-state index is 13.1. The fraction of sp³-hybridized carbons (Fsp3) is 0.346. The lowest BCUT2D eigenvalue weighted by Crippen LogP contribution is -2.32. The first kappa shape index (κ1) is 23.1. The molecule has 1 saturated heterocycles. The molecule has 6 nitrogen and oxygen atoms in total. The molecule has 172 valence electrons. The minimum Gasteiger partial charge on any atom is -0.350 e. The van der Waals surface area contributed by atoms with Gasteiger partial charge in [-0.1, -0.05) is 56.5 Å². The summed E-state index contributed by atoms with van der Waals surface area (Å²) in [7, 11) is 0. The van der Waals surface area contributed by atoms with E-state index in [0.29, 0.717) is 22.9 Å². The molecule has 0 atom stereocenters. The van der Waals surface area contributed by atoms with E-state index in [2.05, 4.69) is 19.2 Å². The van der Waals surface area contributed by atoms with Crippen LogP contribution in [0, 0.1) is 0 Å². The average Bonchev–Trinajstić information content (AvgIpc) is 3.02. The molecule has 0 radical (unpaired) electrons. The molecular formula is C26H28ClN3O3. The standard InChI is InChI=1S/C26H28ClN3O3/c1-17(2)18-10-12-21(13-11-18)30-25(32)22(27)23(26(30)33)28-20-9-7-8-19(16-20)24(31)29-14-5-3-4-6-15-29/h7-13,16-17,28H,3-6,14-15H2,1-2H3. The van der Waals surface area contributed by atoms with Gasteiger partial charge in [0.05, 0.1) is 5.69 Å². The first-order valence-electron chi connectivity index (χ1n) is 11.4. The zero-order chi connectivity index (χ0) is 23.5. The Hall–Kier alpha value is -3.12. The van der Waals surface area contributed by atoms with E-state index in [-0.39, 0.29) is 16.6 Å². The Morgan fingerprint density at radius 3 is 2.24 bits per heavy atom. The fourth-order valence-corrected chi connectivity index (χ4v) is 4.40. The van der Waals surface area contributed by atoms with Crippen molar-refractivity contribution in [2.45, 2.75) is 45.4 Å². The Balaban J connectivity index is 1.53. The summed E-state index contributed by atoms with van der Waals surface area (Å²) >= 11 is 6.27. The van der Waals surface area contributed by atoms with Crippen LogP contribution >= 0.6 is 11.6 Å². The SMILES string of the molecule is CC(C)c1ccc(N2C(=O)C(Cl)=C(Nc3cccc(C(=O)N4CCCCCC4)c3)C2=O)cc1. The topological polar surface area (TPSA) is 69.7 Å². The molecule has 0 aliphatic carbocycles. The molecule has 0 aromatic heterocycles. The van der Waals surface area contributed by atoms with Gasteiger partial charge in [0, 0.05) is 24.3 Å². The molecule has 7 heteroatoms. The highest BCUT2D eigenvalue weighted by Crippen LogP contribution is 2.31. The van der Waals surface area contributed by atoms with E-state index in [0.717, 1.165) is 49.2 Å². The highest BCUT2D eigenvalue weighted by atomic mass is 35.5. The van der Waals surface area contributed by atoms with E-state index in [9.17, 15) is 14.4 Å². The lowest BCUT2D eigenvalue weighted by molar-refractivity contribution is -0.120. The minimum atomic E-state index is -0.571. The van der Waals surface area contributed by atoms with Gasteiger partial charge in [-0.3, -0.25) is 14.4 Å². The summed E-state index contributed by atoms with van der Waals surface area (Å²) in [5.41, 5.74) is 2.66. The molecular weight excluding hydrogens is 438 g/mol. The van der Waals surface area contributed by atoms with Crippen molar-refractivity contribution < 1.29 is 14.4 Å². The second-order valence-electron chi connectivity index (χ2n) is 8.79. The van der Waals surface area contributed by atoms with Crippen LogP contribution in [0.15, 0.2) is 59.3 Å². The maximum Gasteiger partial charge on any atom is 0.283 e. The second kappa shape index (κ2) is 9.79. The van der Waals surface area contributed by atoms with Crippen molar-refractivity contribution in [1.82, 2.24) is 4.90 Å². The molecule has 0 unspecified atom stereocenters. The summed E-state index contributed by atoms with van der Waals surface area (Å²) < 4.78 is 0. The Morgan fingerprint density at radius 1 is 0.939 bits per heavy atom. The zero-order valence-electron chi connectivity index (χ0n) is 18.9. The highest BCUT2D eigenvalue weighted by Gasteiger charge is 2.39. The van der Waals surface area contributed by atoms with E-state index in [1.54, 1.807) is 36.4 Å². The predicted molar refractivity (Wildman–Crippen MR) is 130 cm³/mol. The van der Waals surface area contributed by atoms with E-state index in [4.69, 9.17) is 11.6 Å². The molecule has 3 amide bonds. The zero-order valence-corrected chi connectivity index (χ0v) is 19.7. The molecule has 2 aromatic carbocycles.